The standard InChI is InChI=1S/C14H25NO/c1-2-12-5-7-14(8-6-12)15-9-3-4-13(10-15)11-16/h11-14H,2-10H2,1H3. The van der Waals surface area contributed by atoms with E-state index < -0.39 is 0 Å². The number of nitrogens with zero attached hydrogens (tertiary/aromatic N) is 1. The molecule has 2 heteroatoms. The van der Waals surface area contributed by atoms with E-state index in [9.17, 15) is 4.79 Å². The Bertz CT molecular complexity index is 221. The van der Waals surface area contributed by atoms with Gasteiger partial charge in [0, 0.05) is 18.5 Å². The van der Waals surface area contributed by atoms with E-state index in [4.69, 9.17) is 0 Å². The molecule has 1 heterocycles. The minimum absolute atomic E-state index is 0.317. The molecule has 1 aliphatic carbocycles. The van der Waals surface area contributed by atoms with Crippen molar-refractivity contribution in [2.45, 2.75) is 57.9 Å². The molecule has 1 saturated heterocycles. The van der Waals surface area contributed by atoms with Gasteiger partial charge in [-0.3, -0.25) is 4.90 Å². The molecule has 0 bridgehead atoms. The van der Waals surface area contributed by atoms with Gasteiger partial charge in [-0.1, -0.05) is 13.3 Å². The van der Waals surface area contributed by atoms with Gasteiger partial charge >= 0.3 is 0 Å². The van der Waals surface area contributed by atoms with Crippen molar-refractivity contribution >= 4 is 6.29 Å². The Labute approximate surface area is 99.4 Å². The number of hydrogen-bond donors (Lipinski definition) is 0. The van der Waals surface area contributed by atoms with Crippen molar-refractivity contribution in [1.82, 2.24) is 4.90 Å². The molecule has 2 rings (SSSR count). The monoisotopic (exact) mass is 223 g/mol. The number of aldehydes is 1. The van der Waals surface area contributed by atoms with Gasteiger partial charge in [-0.05, 0) is 51.0 Å². The Kier molecular flexibility index (Phi) is 4.39. The van der Waals surface area contributed by atoms with Crippen LogP contribution in [0.25, 0.3) is 0 Å². The number of likely N-dealkylation sites (tertiary alicyclic amines) is 1. The molecule has 0 aromatic carbocycles. The zero-order valence-corrected chi connectivity index (χ0v) is 10.5. The third kappa shape index (κ3) is 2.85. The predicted molar refractivity (Wildman–Crippen MR) is 66.4 cm³/mol. The molecule has 2 fully saturated rings. The molecule has 1 unspecified atom stereocenters. The summed E-state index contributed by atoms with van der Waals surface area (Å²) in [5, 5.41) is 0. The van der Waals surface area contributed by atoms with Crippen LogP contribution in [0.4, 0.5) is 0 Å². The molecule has 0 spiro atoms. The van der Waals surface area contributed by atoms with Crippen LogP contribution in [0.2, 0.25) is 0 Å². The highest BCUT2D eigenvalue weighted by Crippen LogP contribution is 2.31. The minimum atomic E-state index is 0.317. The molecule has 2 aliphatic rings. The molecule has 16 heavy (non-hydrogen) atoms. The Morgan fingerprint density at radius 2 is 1.94 bits per heavy atom. The molecular formula is C14H25NO. The topological polar surface area (TPSA) is 20.3 Å². The summed E-state index contributed by atoms with van der Waals surface area (Å²) in [7, 11) is 0. The quantitative estimate of drug-likeness (QED) is 0.686. The van der Waals surface area contributed by atoms with E-state index in [1.54, 1.807) is 0 Å². The molecule has 0 N–H and O–H groups in total. The summed E-state index contributed by atoms with van der Waals surface area (Å²) < 4.78 is 0. The molecule has 0 amide bonds. The van der Waals surface area contributed by atoms with Gasteiger partial charge in [0.05, 0.1) is 0 Å². The molecule has 1 aliphatic heterocycles. The van der Waals surface area contributed by atoms with E-state index in [-0.39, 0.29) is 0 Å². The van der Waals surface area contributed by atoms with E-state index in [1.807, 2.05) is 0 Å². The highest BCUT2D eigenvalue weighted by molar-refractivity contribution is 5.53. The van der Waals surface area contributed by atoms with E-state index in [0.29, 0.717) is 5.92 Å². The fourth-order valence-electron chi connectivity index (χ4n) is 3.40. The molecule has 0 aromatic heterocycles. The molecule has 1 atom stereocenters. The maximum absolute atomic E-state index is 10.9. The van der Waals surface area contributed by atoms with Gasteiger partial charge in [-0.2, -0.15) is 0 Å². The van der Waals surface area contributed by atoms with E-state index >= 15 is 0 Å². The summed E-state index contributed by atoms with van der Waals surface area (Å²) in [6.07, 6.45) is 10.4. The molecule has 1 saturated carbocycles. The van der Waals surface area contributed by atoms with Gasteiger partial charge in [-0.25, -0.2) is 0 Å². The van der Waals surface area contributed by atoms with Crippen molar-refractivity contribution in [3.8, 4) is 0 Å². The summed E-state index contributed by atoms with van der Waals surface area (Å²) in [6, 6.07) is 0.783. The van der Waals surface area contributed by atoms with Crippen LogP contribution in [0.1, 0.15) is 51.9 Å². The average Bonchev–Trinajstić information content (AvgIpc) is 2.39. The third-order valence-corrected chi connectivity index (χ3v) is 4.59. The Balaban J connectivity index is 1.81. The van der Waals surface area contributed by atoms with Gasteiger partial charge in [0.25, 0.3) is 0 Å². The molecule has 2 nitrogen and oxygen atoms in total. The van der Waals surface area contributed by atoms with Gasteiger partial charge in [0.15, 0.2) is 0 Å². The van der Waals surface area contributed by atoms with Gasteiger partial charge in [-0.15, -0.1) is 0 Å². The fourth-order valence-corrected chi connectivity index (χ4v) is 3.40. The molecular weight excluding hydrogens is 198 g/mol. The lowest BCUT2D eigenvalue weighted by Gasteiger charge is -2.40. The highest BCUT2D eigenvalue weighted by atomic mass is 16.1. The van der Waals surface area contributed by atoms with Crippen LogP contribution in [0.3, 0.4) is 0 Å². The Hall–Kier alpha value is -0.370. The van der Waals surface area contributed by atoms with Gasteiger partial charge in [0.2, 0.25) is 0 Å². The lowest BCUT2D eigenvalue weighted by atomic mass is 9.83. The van der Waals surface area contributed by atoms with E-state index in [0.717, 1.165) is 24.9 Å². The van der Waals surface area contributed by atoms with Gasteiger partial charge in [0.1, 0.15) is 6.29 Å². The van der Waals surface area contributed by atoms with Crippen molar-refractivity contribution in [3.05, 3.63) is 0 Å². The number of rotatable bonds is 3. The van der Waals surface area contributed by atoms with Crippen LogP contribution in [0.15, 0.2) is 0 Å². The second-order valence-corrected chi connectivity index (χ2v) is 5.62. The van der Waals surface area contributed by atoms with E-state index in [2.05, 4.69) is 11.8 Å². The zero-order chi connectivity index (χ0) is 11.4. The smallest absolute Gasteiger partial charge is 0.124 e. The summed E-state index contributed by atoms with van der Waals surface area (Å²) in [5.74, 6) is 1.29. The maximum Gasteiger partial charge on any atom is 0.124 e. The summed E-state index contributed by atoms with van der Waals surface area (Å²) in [6.45, 7) is 4.57. The highest BCUT2D eigenvalue weighted by Gasteiger charge is 2.28. The minimum Gasteiger partial charge on any atom is -0.303 e. The van der Waals surface area contributed by atoms with Crippen molar-refractivity contribution in [1.29, 1.82) is 0 Å². The summed E-state index contributed by atoms with van der Waals surface area (Å²) in [5.41, 5.74) is 0. The summed E-state index contributed by atoms with van der Waals surface area (Å²) in [4.78, 5) is 13.5. The number of carbonyl (C=O) groups is 1. The predicted octanol–water partition coefficient (Wildman–Crippen LogP) is 2.87. The summed E-state index contributed by atoms with van der Waals surface area (Å²) >= 11 is 0. The largest absolute Gasteiger partial charge is 0.303 e. The molecule has 0 aromatic rings. The van der Waals surface area contributed by atoms with Gasteiger partial charge < -0.3 is 4.79 Å². The van der Waals surface area contributed by atoms with Crippen molar-refractivity contribution < 1.29 is 4.79 Å². The Morgan fingerprint density at radius 1 is 1.19 bits per heavy atom. The van der Waals surface area contributed by atoms with E-state index in [1.165, 1.54) is 51.4 Å². The first-order valence-corrected chi connectivity index (χ1v) is 7.02. The first-order chi connectivity index (χ1) is 7.83. The first kappa shape index (κ1) is 12.1. The lowest BCUT2D eigenvalue weighted by Crippen LogP contribution is -2.44. The number of hydrogen-bond acceptors (Lipinski definition) is 2. The Morgan fingerprint density at radius 3 is 2.56 bits per heavy atom. The molecule has 92 valence electrons. The SMILES string of the molecule is CCC1CCC(N2CCCC(C=O)C2)CC1. The zero-order valence-electron chi connectivity index (χ0n) is 10.5. The fraction of sp³-hybridized carbons (Fsp3) is 0.929. The average molecular weight is 223 g/mol. The second kappa shape index (κ2) is 5.81. The second-order valence-electron chi connectivity index (χ2n) is 5.62. The van der Waals surface area contributed by atoms with Crippen LogP contribution < -0.4 is 0 Å². The lowest BCUT2D eigenvalue weighted by molar-refractivity contribution is -0.113. The van der Waals surface area contributed by atoms with Crippen LogP contribution in [0.5, 0.6) is 0 Å². The van der Waals surface area contributed by atoms with Crippen LogP contribution >= 0.6 is 0 Å². The number of piperidine rings is 1. The van der Waals surface area contributed by atoms with Crippen LogP contribution in [0, 0.1) is 11.8 Å². The van der Waals surface area contributed by atoms with Crippen molar-refractivity contribution in [2.75, 3.05) is 13.1 Å². The van der Waals surface area contributed by atoms with Crippen LogP contribution in [-0.2, 0) is 4.79 Å². The van der Waals surface area contributed by atoms with Crippen LogP contribution in [-0.4, -0.2) is 30.3 Å². The van der Waals surface area contributed by atoms with Crippen molar-refractivity contribution in [2.24, 2.45) is 11.8 Å². The third-order valence-electron chi connectivity index (χ3n) is 4.59. The molecule has 0 radical (unpaired) electrons. The number of carbonyl (C=O) groups excluding carboxylic acids is 1. The normalized spacial score (nSPS) is 37.2. The van der Waals surface area contributed by atoms with Crippen molar-refractivity contribution in [3.63, 3.8) is 0 Å². The maximum atomic E-state index is 10.9. The first-order valence-electron chi connectivity index (χ1n) is 7.02.